The molecule has 0 spiro atoms. The Bertz CT molecular complexity index is 248. The van der Waals surface area contributed by atoms with Gasteiger partial charge in [0.15, 0.2) is 0 Å². The molecule has 0 unspecified atom stereocenters. The van der Waals surface area contributed by atoms with Gasteiger partial charge in [0, 0.05) is 11.0 Å². The Kier molecular flexibility index (Phi) is 3.05. The maximum Gasteiger partial charge on any atom is 0.0351 e. The summed E-state index contributed by atoms with van der Waals surface area (Å²) in [4.78, 5) is 0. The standard InChI is InChI=1S/C8H11BrN2/c1-6-7(5-11-10)3-2-4-8(6)9/h2-4,11H,5,10H2,1H3. The van der Waals surface area contributed by atoms with Crippen molar-refractivity contribution in [2.75, 3.05) is 0 Å². The molecule has 0 saturated heterocycles. The molecule has 0 bridgehead atoms. The van der Waals surface area contributed by atoms with E-state index in [-0.39, 0.29) is 0 Å². The molecule has 0 aromatic heterocycles. The summed E-state index contributed by atoms with van der Waals surface area (Å²) in [5.41, 5.74) is 5.10. The van der Waals surface area contributed by atoms with Crippen molar-refractivity contribution >= 4 is 15.9 Å². The van der Waals surface area contributed by atoms with Crippen molar-refractivity contribution in [2.45, 2.75) is 13.5 Å². The number of hydrogen-bond acceptors (Lipinski definition) is 2. The quantitative estimate of drug-likeness (QED) is 0.582. The van der Waals surface area contributed by atoms with E-state index in [9.17, 15) is 0 Å². The van der Waals surface area contributed by atoms with Crippen molar-refractivity contribution in [3.8, 4) is 0 Å². The molecule has 0 aliphatic carbocycles. The van der Waals surface area contributed by atoms with Gasteiger partial charge in [-0.3, -0.25) is 11.3 Å². The fourth-order valence-electron chi connectivity index (χ4n) is 0.954. The van der Waals surface area contributed by atoms with Crippen LogP contribution in [0.4, 0.5) is 0 Å². The lowest BCUT2D eigenvalue weighted by atomic mass is 10.1. The molecule has 0 saturated carbocycles. The van der Waals surface area contributed by atoms with Gasteiger partial charge >= 0.3 is 0 Å². The predicted octanol–water partition coefficient (Wildman–Crippen LogP) is 1.72. The van der Waals surface area contributed by atoms with Crippen LogP contribution in [-0.4, -0.2) is 0 Å². The van der Waals surface area contributed by atoms with Crippen LogP contribution < -0.4 is 11.3 Å². The van der Waals surface area contributed by atoms with E-state index in [1.54, 1.807) is 0 Å². The molecule has 3 N–H and O–H groups in total. The summed E-state index contributed by atoms with van der Waals surface area (Å²) in [6, 6.07) is 6.08. The van der Waals surface area contributed by atoms with Gasteiger partial charge in [-0.1, -0.05) is 28.1 Å². The van der Waals surface area contributed by atoms with E-state index in [4.69, 9.17) is 5.84 Å². The average molecular weight is 215 g/mol. The van der Waals surface area contributed by atoms with Crippen molar-refractivity contribution in [3.63, 3.8) is 0 Å². The van der Waals surface area contributed by atoms with Crippen LogP contribution in [-0.2, 0) is 6.54 Å². The molecule has 0 aliphatic heterocycles. The van der Waals surface area contributed by atoms with Crippen LogP contribution in [0.15, 0.2) is 22.7 Å². The zero-order chi connectivity index (χ0) is 8.27. The smallest absolute Gasteiger partial charge is 0.0351 e. The van der Waals surface area contributed by atoms with Crippen LogP contribution >= 0.6 is 15.9 Å². The molecule has 60 valence electrons. The summed E-state index contributed by atoms with van der Waals surface area (Å²) in [6.45, 7) is 2.78. The monoisotopic (exact) mass is 214 g/mol. The number of hydrazine groups is 1. The fourth-order valence-corrected chi connectivity index (χ4v) is 1.36. The van der Waals surface area contributed by atoms with Gasteiger partial charge in [0.25, 0.3) is 0 Å². The third-order valence-corrected chi connectivity index (χ3v) is 2.53. The van der Waals surface area contributed by atoms with E-state index >= 15 is 0 Å². The van der Waals surface area contributed by atoms with Crippen LogP contribution in [0.25, 0.3) is 0 Å². The van der Waals surface area contributed by atoms with Crippen molar-refractivity contribution in [2.24, 2.45) is 5.84 Å². The Morgan fingerprint density at radius 1 is 1.55 bits per heavy atom. The summed E-state index contributed by atoms with van der Waals surface area (Å²) < 4.78 is 1.13. The summed E-state index contributed by atoms with van der Waals surface area (Å²) >= 11 is 3.45. The highest BCUT2D eigenvalue weighted by Gasteiger charge is 1.98. The molecular weight excluding hydrogens is 204 g/mol. The van der Waals surface area contributed by atoms with Gasteiger partial charge in [-0.05, 0) is 24.1 Å². The molecule has 11 heavy (non-hydrogen) atoms. The summed E-state index contributed by atoms with van der Waals surface area (Å²) in [7, 11) is 0. The first-order chi connectivity index (χ1) is 5.25. The lowest BCUT2D eigenvalue weighted by molar-refractivity contribution is 0.737. The Balaban J connectivity index is 2.96. The van der Waals surface area contributed by atoms with Crippen molar-refractivity contribution in [1.29, 1.82) is 0 Å². The largest absolute Gasteiger partial charge is 0.271 e. The lowest BCUT2D eigenvalue weighted by Gasteiger charge is -2.05. The van der Waals surface area contributed by atoms with E-state index in [0.29, 0.717) is 6.54 Å². The molecule has 3 heteroatoms. The zero-order valence-electron chi connectivity index (χ0n) is 6.39. The topological polar surface area (TPSA) is 38.0 Å². The van der Waals surface area contributed by atoms with Crippen molar-refractivity contribution < 1.29 is 0 Å². The van der Waals surface area contributed by atoms with Gasteiger partial charge in [0.2, 0.25) is 0 Å². The van der Waals surface area contributed by atoms with Crippen LogP contribution in [0.1, 0.15) is 11.1 Å². The van der Waals surface area contributed by atoms with Gasteiger partial charge < -0.3 is 0 Å². The Morgan fingerprint density at radius 2 is 2.27 bits per heavy atom. The number of nitrogens with one attached hydrogen (secondary N) is 1. The van der Waals surface area contributed by atoms with Crippen molar-refractivity contribution in [3.05, 3.63) is 33.8 Å². The third-order valence-electron chi connectivity index (χ3n) is 1.67. The lowest BCUT2D eigenvalue weighted by Crippen LogP contribution is -2.21. The predicted molar refractivity (Wildman–Crippen MR) is 49.9 cm³/mol. The second-order valence-electron chi connectivity index (χ2n) is 2.40. The highest BCUT2D eigenvalue weighted by molar-refractivity contribution is 9.10. The second kappa shape index (κ2) is 3.85. The molecule has 0 amide bonds. The maximum atomic E-state index is 5.21. The minimum absolute atomic E-state index is 0.714. The SMILES string of the molecule is Cc1c(Br)cccc1CNN. The number of rotatable bonds is 2. The highest BCUT2D eigenvalue weighted by atomic mass is 79.9. The molecule has 0 atom stereocenters. The van der Waals surface area contributed by atoms with Crippen molar-refractivity contribution in [1.82, 2.24) is 5.43 Å². The van der Waals surface area contributed by atoms with E-state index in [1.165, 1.54) is 11.1 Å². The van der Waals surface area contributed by atoms with Gasteiger partial charge in [0.1, 0.15) is 0 Å². The first-order valence-electron chi connectivity index (χ1n) is 3.43. The Labute approximate surface area is 74.9 Å². The van der Waals surface area contributed by atoms with Gasteiger partial charge in [-0.2, -0.15) is 0 Å². The number of hydrogen-bond donors (Lipinski definition) is 2. The second-order valence-corrected chi connectivity index (χ2v) is 3.26. The Morgan fingerprint density at radius 3 is 2.91 bits per heavy atom. The average Bonchev–Trinajstić information content (AvgIpc) is 1.99. The number of nitrogens with two attached hydrogens (primary N) is 1. The summed E-state index contributed by atoms with van der Waals surface area (Å²) in [5.74, 6) is 5.21. The van der Waals surface area contributed by atoms with Gasteiger partial charge in [-0.25, -0.2) is 0 Å². The molecule has 0 aliphatic rings. The maximum absolute atomic E-state index is 5.21. The third kappa shape index (κ3) is 2.02. The van der Waals surface area contributed by atoms with Gasteiger partial charge in [-0.15, -0.1) is 0 Å². The molecule has 1 aromatic carbocycles. The molecule has 0 heterocycles. The normalized spacial score (nSPS) is 10.1. The molecule has 0 fully saturated rings. The first kappa shape index (κ1) is 8.71. The van der Waals surface area contributed by atoms with Crippen LogP contribution in [0, 0.1) is 6.92 Å². The van der Waals surface area contributed by atoms with Crippen LogP contribution in [0.5, 0.6) is 0 Å². The zero-order valence-corrected chi connectivity index (χ0v) is 7.98. The summed E-state index contributed by atoms with van der Waals surface area (Å²) in [6.07, 6.45) is 0. The van der Waals surface area contributed by atoms with E-state index in [0.717, 1.165) is 4.47 Å². The highest BCUT2D eigenvalue weighted by Crippen LogP contribution is 2.18. The van der Waals surface area contributed by atoms with E-state index < -0.39 is 0 Å². The molecule has 1 aromatic rings. The molecular formula is C8H11BrN2. The minimum Gasteiger partial charge on any atom is -0.271 e. The summed E-state index contributed by atoms with van der Waals surface area (Å²) in [5, 5.41) is 0. The van der Waals surface area contributed by atoms with Crippen LogP contribution in [0.2, 0.25) is 0 Å². The molecule has 2 nitrogen and oxygen atoms in total. The molecule has 1 rings (SSSR count). The minimum atomic E-state index is 0.714. The van der Waals surface area contributed by atoms with E-state index in [1.807, 2.05) is 12.1 Å². The fraction of sp³-hybridized carbons (Fsp3) is 0.250. The number of halogens is 1. The van der Waals surface area contributed by atoms with Gasteiger partial charge in [0.05, 0.1) is 0 Å². The molecule has 0 radical (unpaired) electrons. The van der Waals surface area contributed by atoms with E-state index in [2.05, 4.69) is 34.3 Å². The van der Waals surface area contributed by atoms with Crippen LogP contribution in [0.3, 0.4) is 0 Å². The first-order valence-corrected chi connectivity index (χ1v) is 4.22. The number of benzene rings is 1. The Hall–Kier alpha value is -0.380.